The Labute approximate surface area is 370 Å². The van der Waals surface area contributed by atoms with Gasteiger partial charge in [-0.15, -0.1) is 0 Å². The summed E-state index contributed by atoms with van der Waals surface area (Å²) >= 11 is 0. The molecule has 0 saturated carbocycles. The number of aryl methyl sites for hydroxylation is 2. The molecule has 0 fully saturated rings. The van der Waals surface area contributed by atoms with Crippen LogP contribution in [0.25, 0.3) is 22.1 Å². The summed E-state index contributed by atoms with van der Waals surface area (Å²) in [5.41, 5.74) is 9.08. The molecule has 4 aromatic heterocycles. The van der Waals surface area contributed by atoms with Gasteiger partial charge in [-0.05, 0) is 138 Å². The predicted molar refractivity (Wildman–Crippen MR) is 237 cm³/mol. The average molecular weight is 887 g/mol. The maximum absolute atomic E-state index is 12.1. The van der Waals surface area contributed by atoms with E-state index in [1.807, 2.05) is 85.1 Å². The lowest BCUT2D eigenvalue weighted by Gasteiger charge is -2.32. The van der Waals surface area contributed by atoms with Crippen molar-refractivity contribution in [2.24, 2.45) is 0 Å². The van der Waals surface area contributed by atoms with Crippen LogP contribution in [0.15, 0.2) is 73.3 Å². The van der Waals surface area contributed by atoms with Gasteiger partial charge in [0.1, 0.15) is 17.1 Å². The molecule has 0 saturated heterocycles. The SMILES string of the molecule is COc1ccc(Cn2ncc3c4c(cnc32)CC(NC(=O)OC(C)(C)C)CC4)cc1.COc1ccc(Cn2ncc3c4c(cnc32)CC(NC(C)(C)C)CC4)cc1.O=C(O)C(F)(F)F. The van der Waals surface area contributed by atoms with Crippen LogP contribution in [-0.2, 0) is 48.3 Å². The fraction of sp³-hybridized carbons (Fsp3) is 0.447. The van der Waals surface area contributed by atoms with Crippen LogP contribution >= 0.6 is 0 Å². The first-order valence-electron chi connectivity index (χ1n) is 21.2. The zero-order valence-corrected chi connectivity index (χ0v) is 37.5. The Hall–Kier alpha value is -6.23. The van der Waals surface area contributed by atoms with E-state index in [9.17, 15) is 18.0 Å². The predicted octanol–water partition coefficient (Wildman–Crippen LogP) is 8.24. The van der Waals surface area contributed by atoms with Crippen molar-refractivity contribution < 1.29 is 42.1 Å². The van der Waals surface area contributed by atoms with Crippen LogP contribution in [-0.4, -0.2) is 90.3 Å². The Morgan fingerprint density at radius 1 is 0.703 bits per heavy atom. The van der Waals surface area contributed by atoms with Crippen molar-refractivity contribution in [1.82, 2.24) is 40.2 Å². The minimum atomic E-state index is -5.08. The van der Waals surface area contributed by atoms with Gasteiger partial charge in [0.05, 0.1) is 39.7 Å². The second-order valence-electron chi connectivity index (χ2n) is 18.0. The summed E-state index contributed by atoms with van der Waals surface area (Å²) in [6.07, 6.45) is 8.21. The number of alkyl halides is 3. The molecule has 2 atom stereocenters. The van der Waals surface area contributed by atoms with Crippen LogP contribution in [0.5, 0.6) is 11.5 Å². The fourth-order valence-electron chi connectivity index (χ4n) is 7.92. The van der Waals surface area contributed by atoms with Crippen molar-refractivity contribution in [2.75, 3.05) is 14.2 Å². The van der Waals surface area contributed by atoms with E-state index in [0.29, 0.717) is 19.1 Å². The molecule has 0 bridgehead atoms. The summed E-state index contributed by atoms with van der Waals surface area (Å²) in [5.74, 6) is -1.05. The Bertz CT molecular complexity index is 2540. The topological polar surface area (TPSA) is 168 Å². The van der Waals surface area contributed by atoms with Gasteiger partial charge in [-0.3, -0.25) is 0 Å². The summed E-state index contributed by atoms with van der Waals surface area (Å²) in [6, 6.07) is 16.7. The Kier molecular flexibility index (Phi) is 14.5. The van der Waals surface area contributed by atoms with Crippen molar-refractivity contribution in [3.8, 4) is 11.5 Å². The van der Waals surface area contributed by atoms with E-state index in [-0.39, 0.29) is 17.7 Å². The molecule has 0 aliphatic heterocycles. The quantitative estimate of drug-likeness (QED) is 0.135. The highest BCUT2D eigenvalue weighted by atomic mass is 19.4. The van der Waals surface area contributed by atoms with Crippen molar-refractivity contribution >= 4 is 34.1 Å². The molecule has 1 amide bonds. The molecule has 4 heterocycles. The Morgan fingerprint density at radius 3 is 1.52 bits per heavy atom. The van der Waals surface area contributed by atoms with Gasteiger partial charge in [0.25, 0.3) is 0 Å². The number of hydrogen-bond acceptors (Lipinski definition) is 10. The highest BCUT2D eigenvalue weighted by molar-refractivity contribution is 5.81. The molecule has 64 heavy (non-hydrogen) atoms. The summed E-state index contributed by atoms with van der Waals surface area (Å²) in [7, 11) is 3.35. The molecule has 2 aromatic carbocycles. The molecular formula is C47H57F3N8O6. The molecule has 0 radical (unpaired) electrons. The van der Waals surface area contributed by atoms with Crippen LogP contribution in [0.2, 0.25) is 0 Å². The number of benzene rings is 2. The number of carbonyl (C=O) groups is 2. The molecule has 17 heteroatoms. The number of ether oxygens (including phenoxy) is 3. The van der Waals surface area contributed by atoms with E-state index < -0.39 is 17.7 Å². The number of nitrogens with zero attached hydrogens (tertiary/aromatic N) is 6. The number of nitrogens with one attached hydrogen (secondary N) is 2. The van der Waals surface area contributed by atoms with Crippen molar-refractivity contribution in [1.29, 1.82) is 0 Å². The number of carboxylic acid groups (broad SMARTS) is 1. The molecular weight excluding hydrogens is 830 g/mol. The Morgan fingerprint density at radius 2 is 1.12 bits per heavy atom. The van der Waals surface area contributed by atoms with Gasteiger partial charge >= 0.3 is 18.2 Å². The number of aromatic nitrogens is 6. The summed E-state index contributed by atoms with van der Waals surface area (Å²) in [6.45, 7) is 13.7. The number of fused-ring (bicyclic) bond motifs is 6. The zero-order valence-electron chi connectivity index (χ0n) is 37.5. The van der Waals surface area contributed by atoms with Crippen LogP contribution in [0.3, 0.4) is 0 Å². The molecule has 14 nitrogen and oxygen atoms in total. The van der Waals surface area contributed by atoms with Gasteiger partial charge < -0.3 is 30.0 Å². The summed E-state index contributed by atoms with van der Waals surface area (Å²) in [5, 5.41) is 25.4. The smallest absolute Gasteiger partial charge is 0.490 e. The number of amides is 1. The van der Waals surface area contributed by atoms with Crippen LogP contribution in [0.1, 0.15) is 87.8 Å². The fourth-order valence-corrected chi connectivity index (χ4v) is 7.92. The lowest BCUT2D eigenvalue weighted by molar-refractivity contribution is -0.192. The van der Waals surface area contributed by atoms with Crippen molar-refractivity contribution in [3.05, 3.63) is 107 Å². The van der Waals surface area contributed by atoms with E-state index in [2.05, 4.69) is 64.9 Å². The van der Waals surface area contributed by atoms with E-state index in [4.69, 9.17) is 29.1 Å². The number of methoxy groups -OCH3 is 2. The largest absolute Gasteiger partial charge is 0.497 e. The summed E-state index contributed by atoms with van der Waals surface area (Å²) in [4.78, 5) is 30.4. The minimum absolute atomic E-state index is 0.0564. The van der Waals surface area contributed by atoms with Crippen molar-refractivity contribution in [3.63, 3.8) is 0 Å². The standard InChI is InChI=1S/C23H28N4O3.C22H28N4O.C2HF3O2/c1-23(2,3)30-22(28)26-17-7-10-19-16(11-17)12-24-21-20(19)13-25-27(21)14-15-5-8-18(29-4)9-6-15;1-22(2,3)25-17-7-10-19-16(11-17)12-23-21-20(19)13-24-26(21)14-15-5-8-18(27-4)9-6-15;3-2(4,5)1(6)7/h5-6,8-9,12-13,17H,7,10-11,14H2,1-4H3,(H,26,28);5-6,8-9,12-13,17,25H,7,10-11,14H2,1-4H3;(H,6,7). The molecule has 0 spiro atoms. The normalized spacial score (nSPS) is 16.0. The first-order chi connectivity index (χ1) is 30.2. The summed E-state index contributed by atoms with van der Waals surface area (Å²) < 4.78 is 51.5. The number of carbonyl (C=O) groups excluding carboxylic acids is 1. The second kappa shape index (κ2) is 19.7. The number of halogens is 3. The lowest BCUT2D eigenvalue weighted by atomic mass is 9.87. The average Bonchev–Trinajstić information content (AvgIpc) is 3.84. The number of aliphatic carboxylic acids is 1. The first kappa shape index (κ1) is 47.3. The molecule has 2 aliphatic rings. The molecule has 2 unspecified atom stereocenters. The maximum atomic E-state index is 12.1. The number of carboxylic acids is 1. The van der Waals surface area contributed by atoms with Gasteiger partial charge in [-0.25, -0.2) is 28.9 Å². The van der Waals surface area contributed by atoms with Gasteiger partial charge in [-0.1, -0.05) is 24.3 Å². The third-order valence-electron chi connectivity index (χ3n) is 10.7. The van der Waals surface area contributed by atoms with E-state index in [0.717, 1.165) is 72.3 Å². The molecule has 3 N–H and O–H groups in total. The van der Waals surface area contributed by atoms with Crippen molar-refractivity contribution in [2.45, 2.75) is 123 Å². The highest BCUT2D eigenvalue weighted by Gasteiger charge is 2.38. The van der Waals surface area contributed by atoms with Crippen LogP contribution < -0.4 is 20.1 Å². The van der Waals surface area contributed by atoms with Gasteiger partial charge in [0.2, 0.25) is 0 Å². The zero-order chi connectivity index (χ0) is 46.4. The second-order valence-corrected chi connectivity index (χ2v) is 18.0. The monoisotopic (exact) mass is 886 g/mol. The number of alkyl carbamates (subject to hydrolysis) is 1. The first-order valence-corrected chi connectivity index (χ1v) is 21.2. The van der Waals surface area contributed by atoms with E-state index >= 15 is 0 Å². The molecule has 8 rings (SSSR count). The molecule has 2 aliphatic carbocycles. The minimum Gasteiger partial charge on any atom is -0.497 e. The van der Waals surface area contributed by atoms with E-state index in [1.165, 1.54) is 33.2 Å². The Balaban J connectivity index is 0.000000186. The number of hydrogen-bond donors (Lipinski definition) is 3. The van der Waals surface area contributed by atoms with Crippen LogP contribution in [0.4, 0.5) is 18.0 Å². The maximum Gasteiger partial charge on any atom is 0.490 e. The van der Waals surface area contributed by atoms with Crippen LogP contribution in [0, 0.1) is 0 Å². The van der Waals surface area contributed by atoms with Gasteiger partial charge in [0.15, 0.2) is 11.3 Å². The third kappa shape index (κ3) is 12.5. The van der Waals surface area contributed by atoms with Gasteiger partial charge in [-0.2, -0.15) is 23.4 Å². The molecule has 6 aromatic rings. The number of rotatable bonds is 8. The van der Waals surface area contributed by atoms with E-state index in [1.54, 1.807) is 14.2 Å². The van der Waals surface area contributed by atoms with Gasteiger partial charge in [0, 0.05) is 40.8 Å². The highest BCUT2D eigenvalue weighted by Crippen LogP contribution is 2.30. The lowest BCUT2D eigenvalue weighted by Crippen LogP contribution is -2.46. The third-order valence-corrected chi connectivity index (χ3v) is 10.7. The molecule has 342 valence electrons. The number of pyridine rings is 2.